The van der Waals surface area contributed by atoms with E-state index in [2.05, 4.69) is 4.98 Å². The summed E-state index contributed by atoms with van der Waals surface area (Å²) >= 11 is 6.11. The molecular weight excluding hydrogens is 393 g/mol. The summed E-state index contributed by atoms with van der Waals surface area (Å²) in [5.74, 6) is -1.33. The number of ketones is 1. The van der Waals surface area contributed by atoms with E-state index in [4.69, 9.17) is 11.6 Å². The SMILES string of the molecule is Cc1[nH]c2ccccc2c1C(=O)C(=O)N1CCN(Cc2c(F)cccc2Cl)CC1. The van der Waals surface area contributed by atoms with Crippen LogP contribution in [0.2, 0.25) is 5.02 Å². The standard InChI is InChI=1S/C22H21ClFN3O2/c1-14-20(15-5-2-3-8-19(15)25-14)21(28)22(29)27-11-9-26(10-12-27)13-16-17(23)6-4-7-18(16)24/h2-8,25H,9-13H2,1H3. The maximum atomic E-state index is 14.0. The van der Waals surface area contributed by atoms with E-state index in [-0.39, 0.29) is 5.82 Å². The first-order valence-corrected chi connectivity index (χ1v) is 9.89. The molecule has 0 aliphatic carbocycles. The van der Waals surface area contributed by atoms with E-state index in [1.165, 1.54) is 6.07 Å². The van der Waals surface area contributed by atoms with Gasteiger partial charge in [0.1, 0.15) is 5.82 Å². The van der Waals surface area contributed by atoms with E-state index in [1.807, 2.05) is 29.2 Å². The van der Waals surface area contributed by atoms with Gasteiger partial charge in [0.2, 0.25) is 0 Å². The number of amides is 1. The number of carbonyl (C=O) groups excluding carboxylic acids is 2. The number of nitrogens with zero attached hydrogens (tertiary/aromatic N) is 2. The highest BCUT2D eigenvalue weighted by molar-refractivity contribution is 6.45. The smallest absolute Gasteiger partial charge is 0.295 e. The van der Waals surface area contributed by atoms with Crippen LogP contribution < -0.4 is 0 Å². The average molecular weight is 414 g/mol. The fourth-order valence-electron chi connectivity index (χ4n) is 3.84. The molecule has 7 heteroatoms. The van der Waals surface area contributed by atoms with Gasteiger partial charge in [-0.25, -0.2) is 4.39 Å². The lowest BCUT2D eigenvalue weighted by Gasteiger charge is -2.34. The maximum absolute atomic E-state index is 14.0. The van der Waals surface area contributed by atoms with E-state index >= 15 is 0 Å². The summed E-state index contributed by atoms with van der Waals surface area (Å²) < 4.78 is 14.0. The number of fused-ring (bicyclic) bond motifs is 1. The molecule has 0 bridgehead atoms. The number of halogens is 2. The predicted octanol–water partition coefficient (Wildman–Crippen LogP) is 3.80. The van der Waals surface area contributed by atoms with Crippen molar-refractivity contribution >= 4 is 34.2 Å². The molecule has 29 heavy (non-hydrogen) atoms. The van der Waals surface area contributed by atoms with Gasteiger partial charge in [-0.15, -0.1) is 0 Å². The molecule has 5 nitrogen and oxygen atoms in total. The zero-order chi connectivity index (χ0) is 20.5. The lowest BCUT2D eigenvalue weighted by atomic mass is 10.1. The molecule has 2 aromatic carbocycles. The van der Waals surface area contributed by atoms with Crippen LogP contribution in [-0.4, -0.2) is 52.7 Å². The van der Waals surface area contributed by atoms with Crippen molar-refractivity contribution in [2.24, 2.45) is 0 Å². The quantitative estimate of drug-likeness (QED) is 0.523. The minimum absolute atomic E-state index is 0.332. The minimum atomic E-state index is -0.499. The van der Waals surface area contributed by atoms with Crippen molar-refractivity contribution in [1.29, 1.82) is 0 Å². The molecule has 2 heterocycles. The molecule has 1 amide bonds. The molecule has 3 aromatic rings. The van der Waals surface area contributed by atoms with Gasteiger partial charge >= 0.3 is 0 Å². The average Bonchev–Trinajstić information content (AvgIpc) is 3.06. The van der Waals surface area contributed by atoms with Crippen molar-refractivity contribution in [3.8, 4) is 0 Å². The summed E-state index contributed by atoms with van der Waals surface area (Å²) in [5, 5.41) is 1.16. The van der Waals surface area contributed by atoms with Gasteiger partial charge < -0.3 is 9.88 Å². The fourth-order valence-corrected chi connectivity index (χ4v) is 4.06. The van der Waals surface area contributed by atoms with Crippen LogP contribution >= 0.6 is 11.6 Å². The second-order valence-electron chi connectivity index (χ2n) is 7.27. The van der Waals surface area contributed by atoms with Gasteiger partial charge in [-0.3, -0.25) is 14.5 Å². The Hall–Kier alpha value is -2.70. The second-order valence-corrected chi connectivity index (χ2v) is 7.68. The Morgan fingerprint density at radius 1 is 1.07 bits per heavy atom. The van der Waals surface area contributed by atoms with Crippen molar-refractivity contribution in [2.45, 2.75) is 13.5 Å². The van der Waals surface area contributed by atoms with E-state index in [0.29, 0.717) is 54.6 Å². The fraction of sp³-hybridized carbons (Fsp3) is 0.273. The number of nitrogens with one attached hydrogen (secondary N) is 1. The Kier molecular flexibility index (Phi) is 5.39. The van der Waals surface area contributed by atoms with Crippen LogP contribution in [0.1, 0.15) is 21.6 Å². The third-order valence-electron chi connectivity index (χ3n) is 5.42. The van der Waals surface area contributed by atoms with Gasteiger partial charge in [0.25, 0.3) is 11.7 Å². The number of Topliss-reactive ketones (excluding diaryl/α,β-unsaturated/α-hetero) is 1. The van der Waals surface area contributed by atoms with Crippen LogP contribution in [0.25, 0.3) is 10.9 Å². The molecule has 1 aliphatic rings. The highest BCUT2D eigenvalue weighted by Gasteiger charge is 2.29. The van der Waals surface area contributed by atoms with Crippen LogP contribution in [-0.2, 0) is 11.3 Å². The minimum Gasteiger partial charge on any atom is -0.358 e. The van der Waals surface area contributed by atoms with Gasteiger partial charge in [0.15, 0.2) is 0 Å². The molecular formula is C22H21ClFN3O2. The van der Waals surface area contributed by atoms with Crippen LogP contribution in [0.15, 0.2) is 42.5 Å². The topological polar surface area (TPSA) is 56.4 Å². The number of para-hydroxylation sites is 1. The van der Waals surface area contributed by atoms with E-state index in [9.17, 15) is 14.0 Å². The molecule has 1 fully saturated rings. The van der Waals surface area contributed by atoms with Gasteiger partial charge in [-0.05, 0) is 25.1 Å². The highest BCUT2D eigenvalue weighted by Crippen LogP contribution is 2.24. The second kappa shape index (κ2) is 7.97. The van der Waals surface area contributed by atoms with Crippen molar-refractivity contribution in [3.63, 3.8) is 0 Å². The Balaban J connectivity index is 1.44. The van der Waals surface area contributed by atoms with E-state index in [1.54, 1.807) is 24.0 Å². The number of hydrogen-bond acceptors (Lipinski definition) is 3. The normalized spacial score (nSPS) is 15.1. The number of H-pyrrole nitrogens is 1. The molecule has 0 unspecified atom stereocenters. The molecule has 1 saturated heterocycles. The first kappa shape index (κ1) is 19.6. The van der Waals surface area contributed by atoms with Crippen LogP contribution in [0, 0.1) is 12.7 Å². The number of hydrogen-bond donors (Lipinski definition) is 1. The van der Waals surface area contributed by atoms with Crippen LogP contribution in [0.5, 0.6) is 0 Å². The van der Waals surface area contributed by atoms with Crippen molar-refractivity contribution in [1.82, 2.24) is 14.8 Å². The van der Waals surface area contributed by atoms with Gasteiger partial charge in [0, 0.05) is 59.9 Å². The summed E-state index contributed by atoms with van der Waals surface area (Å²) in [4.78, 5) is 32.5. The number of benzene rings is 2. The number of carbonyl (C=O) groups is 2. The molecule has 1 aliphatic heterocycles. The molecule has 0 saturated carbocycles. The Labute approximate surface area is 173 Å². The summed E-state index contributed by atoms with van der Waals surface area (Å²) in [6, 6.07) is 12.1. The van der Waals surface area contributed by atoms with Crippen LogP contribution in [0.4, 0.5) is 4.39 Å². The van der Waals surface area contributed by atoms with Crippen molar-refractivity contribution < 1.29 is 14.0 Å². The van der Waals surface area contributed by atoms with Crippen molar-refractivity contribution in [3.05, 3.63) is 70.1 Å². The molecule has 0 radical (unpaired) electrons. The summed E-state index contributed by atoms with van der Waals surface area (Å²) in [5.41, 5.74) is 2.43. The number of aromatic nitrogens is 1. The largest absolute Gasteiger partial charge is 0.358 e. The lowest BCUT2D eigenvalue weighted by molar-refractivity contribution is -0.128. The van der Waals surface area contributed by atoms with E-state index in [0.717, 1.165) is 10.9 Å². The molecule has 4 rings (SSSR count). The predicted molar refractivity (Wildman–Crippen MR) is 111 cm³/mol. The maximum Gasteiger partial charge on any atom is 0.295 e. The summed E-state index contributed by atoms with van der Waals surface area (Å²) in [6.45, 7) is 4.11. The summed E-state index contributed by atoms with van der Waals surface area (Å²) in [6.07, 6.45) is 0. The molecule has 0 atom stereocenters. The number of piperazine rings is 1. The first-order valence-electron chi connectivity index (χ1n) is 9.52. The van der Waals surface area contributed by atoms with E-state index < -0.39 is 11.7 Å². The molecule has 1 N–H and O–H groups in total. The Morgan fingerprint density at radius 3 is 2.52 bits per heavy atom. The number of aromatic amines is 1. The van der Waals surface area contributed by atoms with Gasteiger partial charge in [0.05, 0.1) is 5.56 Å². The Bertz CT molecular complexity index is 1070. The Morgan fingerprint density at radius 2 is 1.79 bits per heavy atom. The third-order valence-corrected chi connectivity index (χ3v) is 5.77. The molecule has 0 spiro atoms. The first-order chi connectivity index (χ1) is 14.0. The van der Waals surface area contributed by atoms with Gasteiger partial charge in [-0.2, -0.15) is 0 Å². The van der Waals surface area contributed by atoms with Crippen LogP contribution in [0.3, 0.4) is 0 Å². The number of rotatable bonds is 4. The zero-order valence-corrected chi connectivity index (χ0v) is 16.8. The highest BCUT2D eigenvalue weighted by atomic mass is 35.5. The van der Waals surface area contributed by atoms with Crippen molar-refractivity contribution in [2.75, 3.05) is 26.2 Å². The number of aryl methyl sites for hydroxylation is 1. The zero-order valence-electron chi connectivity index (χ0n) is 16.0. The molecule has 150 valence electrons. The third kappa shape index (κ3) is 3.78. The lowest BCUT2D eigenvalue weighted by Crippen LogP contribution is -2.50. The summed E-state index contributed by atoms with van der Waals surface area (Å²) in [7, 11) is 0. The monoisotopic (exact) mass is 413 g/mol. The molecule has 1 aromatic heterocycles. The van der Waals surface area contributed by atoms with Gasteiger partial charge in [-0.1, -0.05) is 35.9 Å².